The van der Waals surface area contributed by atoms with Crippen molar-refractivity contribution >= 4 is 0 Å². The molecule has 0 aliphatic heterocycles. The Hall–Kier alpha value is -0.290. The zero-order valence-electron chi connectivity index (χ0n) is 22.3. The molecule has 0 amide bonds. The van der Waals surface area contributed by atoms with Gasteiger partial charge < -0.3 is 10.2 Å². The minimum absolute atomic E-state index is 0.184. The lowest BCUT2D eigenvalue weighted by Crippen LogP contribution is -2.56. The Morgan fingerprint density at radius 1 is 1.03 bits per heavy atom. The molecule has 0 unspecified atom stereocenters. The molecule has 34 heavy (non-hydrogen) atoms. The summed E-state index contributed by atoms with van der Waals surface area (Å²) in [5, 5.41) is 21.0. The van der Waals surface area contributed by atoms with Crippen LogP contribution in [0, 0.1) is 52.3 Å². The first-order valence-corrected chi connectivity index (χ1v) is 14.1. The molecule has 198 valence electrons. The molecule has 4 rings (SSSR count). The number of halogens is 3. The molecular weight excluding hydrogens is 437 g/mol. The lowest BCUT2D eigenvalue weighted by molar-refractivity contribution is -0.256. The van der Waals surface area contributed by atoms with Crippen molar-refractivity contribution in [1.29, 1.82) is 0 Å². The molecule has 0 spiro atoms. The maximum absolute atomic E-state index is 13.2. The van der Waals surface area contributed by atoms with Crippen LogP contribution in [0.3, 0.4) is 0 Å². The van der Waals surface area contributed by atoms with E-state index in [1.54, 1.807) is 0 Å². The standard InChI is InChI=1S/C29H49F3O2/c1-7-28(34)15-14-25(4)20(17-28)8-9-21-22(25)11-12-26(5)23(16-19(3)24(21)26)18(2)10-13-27(6,33)29(30,31)32/h18-24,33-34H,7-17H2,1-6H3/t18-,19-,20+,21-,22+,23-,24+,25+,26-,27-,28+/m1/s1. The van der Waals surface area contributed by atoms with Gasteiger partial charge in [-0.05, 0) is 130 Å². The van der Waals surface area contributed by atoms with Gasteiger partial charge in [0.2, 0.25) is 0 Å². The van der Waals surface area contributed by atoms with Gasteiger partial charge >= 0.3 is 6.18 Å². The van der Waals surface area contributed by atoms with E-state index in [9.17, 15) is 23.4 Å². The number of alkyl halides is 3. The Balaban J connectivity index is 1.50. The summed E-state index contributed by atoms with van der Waals surface area (Å²) < 4.78 is 39.7. The van der Waals surface area contributed by atoms with E-state index < -0.39 is 17.4 Å². The molecule has 0 aromatic carbocycles. The van der Waals surface area contributed by atoms with Crippen molar-refractivity contribution in [1.82, 2.24) is 0 Å². The number of hydrogen-bond donors (Lipinski definition) is 2. The van der Waals surface area contributed by atoms with Crippen molar-refractivity contribution in [3.8, 4) is 0 Å². The highest BCUT2D eigenvalue weighted by Gasteiger charge is 2.63. The molecular formula is C29H49F3O2. The van der Waals surface area contributed by atoms with E-state index >= 15 is 0 Å². The van der Waals surface area contributed by atoms with Crippen molar-refractivity contribution < 1.29 is 23.4 Å². The van der Waals surface area contributed by atoms with Crippen molar-refractivity contribution in [2.24, 2.45) is 52.3 Å². The van der Waals surface area contributed by atoms with E-state index in [1.165, 1.54) is 25.7 Å². The second-order valence-corrected chi connectivity index (χ2v) is 14.0. The first-order chi connectivity index (χ1) is 15.6. The first-order valence-electron chi connectivity index (χ1n) is 14.1. The molecule has 5 heteroatoms. The first kappa shape index (κ1) is 26.8. The second-order valence-electron chi connectivity index (χ2n) is 14.0. The average molecular weight is 487 g/mol. The summed E-state index contributed by atoms with van der Waals surface area (Å²) in [5.41, 5.74) is -2.57. The van der Waals surface area contributed by atoms with E-state index in [-0.39, 0.29) is 17.8 Å². The molecule has 0 bridgehead atoms. The fourth-order valence-electron chi connectivity index (χ4n) is 9.98. The highest BCUT2D eigenvalue weighted by atomic mass is 19.4. The summed E-state index contributed by atoms with van der Waals surface area (Å²) in [7, 11) is 0. The lowest BCUT2D eigenvalue weighted by Gasteiger charge is -2.62. The number of rotatable bonds is 5. The maximum atomic E-state index is 13.2. The summed E-state index contributed by atoms with van der Waals surface area (Å²) in [4.78, 5) is 0. The van der Waals surface area contributed by atoms with Gasteiger partial charge in [0, 0.05) is 0 Å². The topological polar surface area (TPSA) is 40.5 Å². The van der Waals surface area contributed by atoms with E-state index in [2.05, 4.69) is 34.6 Å². The van der Waals surface area contributed by atoms with Crippen LogP contribution in [0.5, 0.6) is 0 Å². The molecule has 0 aromatic rings. The summed E-state index contributed by atoms with van der Waals surface area (Å²) in [6.45, 7) is 12.5. The van der Waals surface area contributed by atoms with Crippen LogP contribution in [-0.2, 0) is 0 Å². The van der Waals surface area contributed by atoms with Crippen molar-refractivity contribution in [2.75, 3.05) is 0 Å². The predicted molar refractivity (Wildman–Crippen MR) is 130 cm³/mol. The fraction of sp³-hybridized carbons (Fsp3) is 1.00. The molecule has 0 heterocycles. The van der Waals surface area contributed by atoms with Crippen LogP contribution in [0.2, 0.25) is 0 Å². The Bertz CT molecular complexity index is 750. The molecule has 11 atom stereocenters. The van der Waals surface area contributed by atoms with Gasteiger partial charge in [-0.1, -0.05) is 34.6 Å². The quantitative estimate of drug-likeness (QED) is 0.417. The third-order valence-corrected chi connectivity index (χ3v) is 12.2. The van der Waals surface area contributed by atoms with Crippen LogP contribution in [0.25, 0.3) is 0 Å². The largest absolute Gasteiger partial charge is 0.416 e. The Morgan fingerprint density at radius 3 is 2.32 bits per heavy atom. The van der Waals surface area contributed by atoms with E-state index in [0.717, 1.165) is 39.0 Å². The zero-order valence-corrected chi connectivity index (χ0v) is 22.3. The van der Waals surface area contributed by atoms with Crippen molar-refractivity contribution in [3.63, 3.8) is 0 Å². The van der Waals surface area contributed by atoms with E-state index in [4.69, 9.17) is 0 Å². The summed E-state index contributed by atoms with van der Waals surface area (Å²) in [5.74, 6) is 3.90. The molecule has 2 nitrogen and oxygen atoms in total. The molecule has 4 saturated carbocycles. The molecule has 0 radical (unpaired) electrons. The Morgan fingerprint density at radius 2 is 1.71 bits per heavy atom. The van der Waals surface area contributed by atoms with Crippen LogP contribution in [0.4, 0.5) is 13.2 Å². The monoisotopic (exact) mass is 486 g/mol. The van der Waals surface area contributed by atoms with Gasteiger partial charge in [0.25, 0.3) is 0 Å². The minimum Gasteiger partial charge on any atom is -0.390 e. The van der Waals surface area contributed by atoms with Gasteiger partial charge in [-0.25, -0.2) is 0 Å². The highest BCUT2D eigenvalue weighted by Crippen LogP contribution is 2.70. The minimum atomic E-state index is -4.57. The molecule has 2 N–H and O–H groups in total. The fourth-order valence-corrected chi connectivity index (χ4v) is 9.98. The highest BCUT2D eigenvalue weighted by molar-refractivity contribution is 5.12. The maximum Gasteiger partial charge on any atom is 0.416 e. The third-order valence-electron chi connectivity index (χ3n) is 12.2. The van der Waals surface area contributed by atoms with Gasteiger partial charge in [-0.15, -0.1) is 0 Å². The van der Waals surface area contributed by atoms with Crippen molar-refractivity contribution in [2.45, 2.75) is 130 Å². The molecule has 4 aliphatic carbocycles. The number of hydrogen-bond acceptors (Lipinski definition) is 2. The molecule has 4 aliphatic rings. The van der Waals surface area contributed by atoms with Crippen LogP contribution < -0.4 is 0 Å². The van der Waals surface area contributed by atoms with E-state index in [1.807, 2.05) is 0 Å². The van der Waals surface area contributed by atoms with Crippen molar-refractivity contribution in [3.05, 3.63) is 0 Å². The summed E-state index contributed by atoms with van der Waals surface area (Å²) >= 11 is 0. The smallest absolute Gasteiger partial charge is 0.390 e. The van der Waals surface area contributed by atoms with Crippen LogP contribution in [0.15, 0.2) is 0 Å². The molecule has 4 fully saturated rings. The summed E-state index contributed by atoms with van der Waals surface area (Å²) in [6.07, 6.45) is 5.49. The lowest BCUT2D eigenvalue weighted by atomic mass is 9.43. The van der Waals surface area contributed by atoms with Gasteiger partial charge in [-0.2, -0.15) is 13.2 Å². The van der Waals surface area contributed by atoms with Gasteiger partial charge in [0.15, 0.2) is 5.60 Å². The van der Waals surface area contributed by atoms with Gasteiger partial charge in [-0.3, -0.25) is 0 Å². The Kier molecular flexibility index (Phi) is 6.80. The van der Waals surface area contributed by atoms with Crippen LogP contribution in [-0.4, -0.2) is 27.6 Å². The van der Waals surface area contributed by atoms with Gasteiger partial charge in [0.05, 0.1) is 5.60 Å². The van der Waals surface area contributed by atoms with E-state index in [0.29, 0.717) is 47.3 Å². The predicted octanol–water partition coefficient (Wildman–Crippen LogP) is 7.76. The second kappa shape index (κ2) is 8.64. The SMILES string of the molecule is CC[C@]1(O)CC[C@@]2(C)[C@@H](CC[C@H]3[C@@H]4[C@H](C)C[C@H]([C@H](C)CC[C@@](C)(O)C(F)(F)F)[C@@]4(C)CC[C@@H]32)C1. The normalized spacial score (nSPS) is 49.5. The molecule has 0 saturated heterocycles. The molecule has 0 aromatic heterocycles. The number of aliphatic hydroxyl groups is 2. The Labute approximate surface area is 205 Å². The summed E-state index contributed by atoms with van der Waals surface area (Å²) in [6, 6.07) is 0. The third kappa shape index (κ3) is 4.17. The van der Waals surface area contributed by atoms with Crippen LogP contribution in [0.1, 0.15) is 112 Å². The number of fused-ring (bicyclic) bond motifs is 5. The zero-order chi connectivity index (χ0) is 25.3. The average Bonchev–Trinajstić information content (AvgIpc) is 3.02. The van der Waals surface area contributed by atoms with Crippen LogP contribution >= 0.6 is 0 Å². The van der Waals surface area contributed by atoms with Gasteiger partial charge in [0.1, 0.15) is 0 Å².